The Morgan fingerprint density at radius 3 is 2.63 bits per heavy atom. The Morgan fingerprint density at radius 1 is 1.13 bits per heavy atom. The van der Waals surface area contributed by atoms with Crippen LogP contribution in [0.4, 0.5) is 0 Å². The number of thiocarbonyl (C=S) groups is 1. The van der Waals surface area contributed by atoms with Gasteiger partial charge in [0.25, 0.3) is 0 Å². The van der Waals surface area contributed by atoms with Crippen LogP contribution in [0.1, 0.15) is 36.1 Å². The molecule has 1 fully saturated rings. The summed E-state index contributed by atoms with van der Waals surface area (Å²) in [6, 6.07) is 15.3. The predicted octanol–water partition coefficient (Wildman–Crippen LogP) is 2.86. The van der Waals surface area contributed by atoms with Gasteiger partial charge in [0.2, 0.25) is 0 Å². The van der Waals surface area contributed by atoms with Gasteiger partial charge in [0, 0.05) is 24.3 Å². The minimum absolute atomic E-state index is 0.0719. The summed E-state index contributed by atoms with van der Waals surface area (Å²) in [6.45, 7) is 2.82. The molecular formula is C22H23N5O2S. The van der Waals surface area contributed by atoms with E-state index in [9.17, 15) is 4.79 Å². The van der Waals surface area contributed by atoms with Crippen LogP contribution in [0.25, 0.3) is 0 Å². The largest absolute Gasteiger partial charge is 0.465 e. The van der Waals surface area contributed by atoms with Gasteiger partial charge in [0.1, 0.15) is 6.54 Å². The third-order valence-electron chi connectivity index (χ3n) is 5.03. The minimum Gasteiger partial charge on any atom is -0.465 e. The highest BCUT2D eigenvalue weighted by molar-refractivity contribution is 7.80. The van der Waals surface area contributed by atoms with Crippen LogP contribution in [0.5, 0.6) is 0 Å². The molecular weight excluding hydrogens is 398 g/mol. The van der Waals surface area contributed by atoms with Gasteiger partial charge in [-0.15, -0.1) is 0 Å². The molecule has 1 aliphatic rings. The predicted molar refractivity (Wildman–Crippen MR) is 117 cm³/mol. The molecule has 0 unspecified atom stereocenters. The van der Waals surface area contributed by atoms with E-state index < -0.39 is 0 Å². The molecule has 0 amide bonds. The zero-order valence-electron chi connectivity index (χ0n) is 16.6. The fourth-order valence-electron chi connectivity index (χ4n) is 3.75. The Kier molecular flexibility index (Phi) is 6.04. The number of carbonyl (C=O) groups is 1. The van der Waals surface area contributed by atoms with Crippen molar-refractivity contribution in [3.8, 4) is 0 Å². The van der Waals surface area contributed by atoms with Gasteiger partial charge in [-0.3, -0.25) is 14.8 Å². The van der Waals surface area contributed by atoms with Crippen molar-refractivity contribution in [1.29, 1.82) is 0 Å². The lowest BCUT2D eigenvalue weighted by Gasteiger charge is -2.28. The SMILES string of the molecule is CCOC(=O)CN1C(=S)N[C@@H](c2ccccn2)[C@H]1c1cccn1Cc1ccccn1. The summed E-state index contributed by atoms with van der Waals surface area (Å²) in [7, 11) is 0. The van der Waals surface area contributed by atoms with Crippen LogP contribution >= 0.6 is 12.2 Å². The Hall–Kier alpha value is -3.26. The minimum atomic E-state index is -0.309. The van der Waals surface area contributed by atoms with Crippen molar-refractivity contribution in [2.75, 3.05) is 13.2 Å². The number of pyridine rings is 2. The normalized spacial score (nSPS) is 18.3. The number of rotatable bonds is 7. The van der Waals surface area contributed by atoms with E-state index in [4.69, 9.17) is 17.0 Å². The van der Waals surface area contributed by atoms with E-state index in [1.54, 1.807) is 19.3 Å². The number of ether oxygens (including phenoxy) is 1. The van der Waals surface area contributed by atoms with Crippen LogP contribution in [-0.2, 0) is 16.1 Å². The summed E-state index contributed by atoms with van der Waals surface area (Å²) >= 11 is 5.60. The second-order valence-electron chi connectivity index (χ2n) is 6.94. The Bertz CT molecular complexity index is 1010. The second kappa shape index (κ2) is 9.04. The molecule has 3 aromatic heterocycles. The van der Waals surface area contributed by atoms with E-state index in [0.717, 1.165) is 17.1 Å². The summed E-state index contributed by atoms with van der Waals surface area (Å²) in [5, 5.41) is 3.86. The van der Waals surface area contributed by atoms with Crippen molar-refractivity contribution >= 4 is 23.3 Å². The molecule has 7 nitrogen and oxygen atoms in total. The van der Waals surface area contributed by atoms with Crippen LogP contribution in [0.15, 0.2) is 67.1 Å². The first-order chi connectivity index (χ1) is 14.7. The highest BCUT2D eigenvalue weighted by atomic mass is 32.1. The van der Waals surface area contributed by atoms with E-state index in [1.807, 2.05) is 53.6 Å². The molecule has 0 aromatic carbocycles. The summed E-state index contributed by atoms with van der Waals surface area (Å²) < 4.78 is 7.32. The highest BCUT2D eigenvalue weighted by Crippen LogP contribution is 2.38. The van der Waals surface area contributed by atoms with Crippen LogP contribution in [-0.4, -0.2) is 43.7 Å². The van der Waals surface area contributed by atoms with Crippen molar-refractivity contribution in [3.05, 3.63) is 84.2 Å². The van der Waals surface area contributed by atoms with Gasteiger partial charge in [-0.25, -0.2) is 0 Å². The first kappa shape index (κ1) is 20.0. The van der Waals surface area contributed by atoms with Gasteiger partial charge >= 0.3 is 5.97 Å². The van der Waals surface area contributed by atoms with Gasteiger partial charge in [-0.1, -0.05) is 12.1 Å². The molecule has 4 rings (SSSR count). The average Bonchev–Trinajstić information content (AvgIpc) is 3.34. The van der Waals surface area contributed by atoms with Gasteiger partial charge in [0.05, 0.1) is 36.6 Å². The van der Waals surface area contributed by atoms with E-state index in [0.29, 0.717) is 18.3 Å². The molecule has 0 aliphatic carbocycles. The fraction of sp³-hybridized carbons (Fsp3) is 0.273. The summed E-state index contributed by atoms with van der Waals surface area (Å²) in [5.41, 5.74) is 2.84. The first-order valence-electron chi connectivity index (χ1n) is 9.86. The summed E-state index contributed by atoms with van der Waals surface area (Å²) in [4.78, 5) is 23.2. The number of hydrogen-bond acceptors (Lipinski definition) is 5. The van der Waals surface area contributed by atoms with Crippen molar-refractivity contribution in [2.24, 2.45) is 0 Å². The molecule has 8 heteroatoms. The van der Waals surface area contributed by atoms with Crippen LogP contribution in [0.3, 0.4) is 0 Å². The van der Waals surface area contributed by atoms with Gasteiger partial charge < -0.3 is 19.5 Å². The lowest BCUT2D eigenvalue weighted by Crippen LogP contribution is -2.36. The third-order valence-corrected chi connectivity index (χ3v) is 5.38. The highest BCUT2D eigenvalue weighted by Gasteiger charge is 2.42. The second-order valence-corrected chi connectivity index (χ2v) is 7.33. The Labute approximate surface area is 180 Å². The summed E-state index contributed by atoms with van der Waals surface area (Å²) in [5.74, 6) is -0.309. The maximum Gasteiger partial charge on any atom is 0.325 e. The maximum absolute atomic E-state index is 12.3. The van der Waals surface area contributed by atoms with E-state index in [1.165, 1.54) is 0 Å². The van der Waals surface area contributed by atoms with Gasteiger partial charge in [-0.2, -0.15) is 0 Å². The van der Waals surface area contributed by atoms with Crippen LogP contribution in [0, 0.1) is 0 Å². The molecule has 0 radical (unpaired) electrons. The standard InChI is InChI=1S/C22H23N5O2S/c1-2-29-19(28)15-27-21(20(25-22(27)30)17-9-4-6-12-24-17)18-10-7-13-26(18)14-16-8-3-5-11-23-16/h3-13,20-21H,2,14-15H2,1H3,(H,25,30)/t20-,21+/m0/s1. The molecule has 3 aromatic rings. The zero-order valence-corrected chi connectivity index (χ0v) is 17.5. The molecule has 0 spiro atoms. The van der Waals surface area contributed by atoms with E-state index in [-0.39, 0.29) is 24.6 Å². The van der Waals surface area contributed by atoms with E-state index in [2.05, 4.69) is 25.9 Å². The average molecular weight is 422 g/mol. The molecule has 0 bridgehead atoms. The molecule has 1 saturated heterocycles. The molecule has 1 aliphatic heterocycles. The number of hydrogen-bond donors (Lipinski definition) is 1. The Balaban J connectivity index is 1.71. The van der Waals surface area contributed by atoms with Crippen molar-refractivity contribution in [2.45, 2.75) is 25.6 Å². The lowest BCUT2D eigenvalue weighted by atomic mass is 10.0. The van der Waals surface area contributed by atoms with Crippen LogP contribution < -0.4 is 5.32 Å². The fourth-order valence-corrected chi connectivity index (χ4v) is 4.05. The monoisotopic (exact) mass is 421 g/mol. The summed E-state index contributed by atoms with van der Waals surface area (Å²) in [6.07, 6.45) is 5.57. The number of carbonyl (C=O) groups excluding carboxylic acids is 1. The number of esters is 1. The number of nitrogens with zero attached hydrogens (tertiary/aromatic N) is 4. The maximum atomic E-state index is 12.3. The number of nitrogens with one attached hydrogen (secondary N) is 1. The lowest BCUT2D eigenvalue weighted by molar-refractivity contribution is -0.143. The molecule has 4 heterocycles. The molecule has 0 saturated carbocycles. The quantitative estimate of drug-likeness (QED) is 0.465. The molecule has 2 atom stereocenters. The molecule has 1 N–H and O–H groups in total. The van der Waals surface area contributed by atoms with Gasteiger partial charge in [-0.05, 0) is 55.5 Å². The zero-order chi connectivity index (χ0) is 20.9. The van der Waals surface area contributed by atoms with Crippen molar-refractivity contribution in [1.82, 2.24) is 24.8 Å². The Morgan fingerprint density at radius 2 is 1.93 bits per heavy atom. The first-order valence-corrected chi connectivity index (χ1v) is 10.3. The van der Waals surface area contributed by atoms with Crippen LogP contribution in [0.2, 0.25) is 0 Å². The molecule has 30 heavy (non-hydrogen) atoms. The van der Waals surface area contributed by atoms with E-state index >= 15 is 0 Å². The van der Waals surface area contributed by atoms with Crippen molar-refractivity contribution < 1.29 is 9.53 Å². The van der Waals surface area contributed by atoms with Gasteiger partial charge in [0.15, 0.2) is 5.11 Å². The smallest absolute Gasteiger partial charge is 0.325 e. The number of aromatic nitrogens is 3. The topological polar surface area (TPSA) is 72.3 Å². The third kappa shape index (κ3) is 4.18. The molecule has 154 valence electrons. The van der Waals surface area contributed by atoms with Crippen molar-refractivity contribution in [3.63, 3.8) is 0 Å².